The fraction of sp³-hybridized carbons (Fsp3) is 0.350. The molecule has 0 unspecified atom stereocenters. The van der Waals surface area contributed by atoms with Crippen LogP contribution in [-0.4, -0.2) is 23.2 Å². The lowest BCUT2D eigenvalue weighted by Gasteiger charge is -2.10. The second kappa shape index (κ2) is 7.05. The molecule has 0 aliphatic carbocycles. The van der Waals surface area contributed by atoms with E-state index >= 15 is 0 Å². The molecule has 0 saturated heterocycles. The zero-order valence-electron chi connectivity index (χ0n) is 14.7. The molecule has 1 heterocycles. The SMILES string of the molecule is COc1ccc(-c2nc3cc(C)c(C)cc3n2CCCCN)cc1. The minimum Gasteiger partial charge on any atom is -0.497 e. The number of benzene rings is 2. The van der Waals surface area contributed by atoms with E-state index in [2.05, 4.69) is 42.7 Å². The summed E-state index contributed by atoms with van der Waals surface area (Å²) in [6.07, 6.45) is 2.07. The van der Waals surface area contributed by atoms with Crippen LogP contribution in [0, 0.1) is 13.8 Å². The second-order valence-corrected chi connectivity index (χ2v) is 6.24. The lowest BCUT2D eigenvalue weighted by atomic mass is 10.1. The van der Waals surface area contributed by atoms with Crippen molar-refractivity contribution in [1.29, 1.82) is 0 Å². The van der Waals surface area contributed by atoms with Crippen molar-refractivity contribution in [3.8, 4) is 17.1 Å². The maximum atomic E-state index is 5.67. The lowest BCUT2D eigenvalue weighted by Crippen LogP contribution is -2.05. The molecule has 0 spiro atoms. The highest BCUT2D eigenvalue weighted by atomic mass is 16.5. The minimum absolute atomic E-state index is 0.725. The van der Waals surface area contributed by atoms with Crippen molar-refractivity contribution in [2.24, 2.45) is 5.73 Å². The molecule has 3 rings (SSSR count). The summed E-state index contributed by atoms with van der Waals surface area (Å²) >= 11 is 0. The van der Waals surface area contributed by atoms with E-state index in [0.29, 0.717) is 0 Å². The number of methoxy groups -OCH3 is 1. The standard InChI is InChI=1S/C20H25N3O/c1-14-12-18-19(13-15(14)2)23(11-5-4-10-21)20(22-18)16-6-8-17(24-3)9-7-16/h6-9,12-13H,4-5,10-11,21H2,1-3H3. The first kappa shape index (κ1) is 16.5. The summed E-state index contributed by atoms with van der Waals surface area (Å²) < 4.78 is 7.58. The first-order valence-corrected chi connectivity index (χ1v) is 8.46. The number of fused-ring (bicyclic) bond motifs is 1. The van der Waals surface area contributed by atoms with E-state index in [1.165, 1.54) is 16.6 Å². The fourth-order valence-electron chi connectivity index (χ4n) is 2.98. The molecule has 0 amide bonds. The van der Waals surface area contributed by atoms with Gasteiger partial charge in [0.25, 0.3) is 0 Å². The molecule has 0 saturated carbocycles. The van der Waals surface area contributed by atoms with Crippen LogP contribution >= 0.6 is 0 Å². The molecule has 3 aromatic rings. The Bertz CT molecular complexity index is 834. The van der Waals surface area contributed by atoms with E-state index < -0.39 is 0 Å². The Balaban J connectivity index is 2.11. The van der Waals surface area contributed by atoms with Crippen LogP contribution in [0.5, 0.6) is 5.75 Å². The minimum atomic E-state index is 0.725. The van der Waals surface area contributed by atoms with Crippen LogP contribution in [-0.2, 0) is 6.54 Å². The molecule has 1 aromatic heterocycles. The van der Waals surface area contributed by atoms with Gasteiger partial charge in [0.15, 0.2) is 0 Å². The van der Waals surface area contributed by atoms with Crippen molar-refractivity contribution in [3.05, 3.63) is 47.5 Å². The number of aromatic nitrogens is 2. The van der Waals surface area contributed by atoms with Gasteiger partial charge >= 0.3 is 0 Å². The van der Waals surface area contributed by atoms with Gasteiger partial charge in [-0.15, -0.1) is 0 Å². The van der Waals surface area contributed by atoms with Crippen LogP contribution in [0.2, 0.25) is 0 Å². The summed E-state index contributed by atoms with van der Waals surface area (Å²) in [4.78, 5) is 4.91. The number of ether oxygens (including phenoxy) is 1. The van der Waals surface area contributed by atoms with E-state index in [0.717, 1.165) is 48.6 Å². The van der Waals surface area contributed by atoms with E-state index in [-0.39, 0.29) is 0 Å². The van der Waals surface area contributed by atoms with Gasteiger partial charge in [-0.1, -0.05) is 0 Å². The zero-order chi connectivity index (χ0) is 17.1. The molecule has 2 N–H and O–H groups in total. The number of hydrogen-bond acceptors (Lipinski definition) is 3. The van der Waals surface area contributed by atoms with Crippen molar-refractivity contribution >= 4 is 11.0 Å². The summed E-state index contributed by atoms with van der Waals surface area (Å²) in [6, 6.07) is 12.5. The van der Waals surface area contributed by atoms with Gasteiger partial charge in [-0.3, -0.25) is 0 Å². The molecule has 0 fully saturated rings. The number of nitrogens with two attached hydrogens (primary N) is 1. The average molecular weight is 323 g/mol. The van der Waals surface area contributed by atoms with Crippen LogP contribution in [0.15, 0.2) is 36.4 Å². The Kier molecular flexibility index (Phi) is 4.86. The van der Waals surface area contributed by atoms with Crippen molar-refractivity contribution in [1.82, 2.24) is 9.55 Å². The van der Waals surface area contributed by atoms with E-state index in [9.17, 15) is 0 Å². The Morgan fingerprint density at radius 1 is 1.04 bits per heavy atom. The molecule has 4 heteroatoms. The first-order chi connectivity index (χ1) is 11.6. The molecule has 4 nitrogen and oxygen atoms in total. The predicted molar refractivity (Wildman–Crippen MR) is 99.5 cm³/mol. The summed E-state index contributed by atoms with van der Waals surface area (Å²) in [7, 11) is 1.68. The summed E-state index contributed by atoms with van der Waals surface area (Å²) in [6.45, 7) is 5.94. The first-order valence-electron chi connectivity index (χ1n) is 8.46. The summed E-state index contributed by atoms with van der Waals surface area (Å²) in [5, 5.41) is 0. The molecule has 24 heavy (non-hydrogen) atoms. The molecule has 0 aliphatic rings. The molecule has 0 radical (unpaired) electrons. The molecule has 2 aromatic carbocycles. The van der Waals surface area contributed by atoms with Crippen LogP contribution in [0.4, 0.5) is 0 Å². The van der Waals surface area contributed by atoms with Gasteiger partial charge in [0.2, 0.25) is 0 Å². The number of imidazole rings is 1. The van der Waals surface area contributed by atoms with Crippen molar-refractivity contribution in [3.63, 3.8) is 0 Å². The number of hydrogen-bond donors (Lipinski definition) is 1. The summed E-state index contributed by atoms with van der Waals surface area (Å²) in [5.74, 6) is 1.87. The normalized spacial score (nSPS) is 11.2. The maximum Gasteiger partial charge on any atom is 0.141 e. The Labute approximate surface area is 143 Å². The van der Waals surface area contributed by atoms with Gasteiger partial charge in [-0.25, -0.2) is 4.98 Å². The monoisotopic (exact) mass is 323 g/mol. The van der Waals surface area contributed by atoms with Crippen LogP contribution in [0.1, 0.15) is 24.0 Å². The lowest BCUT2D eigenvalue weighted by molar-refractivity contribution is 0.415. The van der Waals surface area contributed by atoms with Gasteiger partial charge in [0.1, 0.15) is 11.6 Å². The van der Waals surface area contributed by atoms with E-state index in [4.69, 9.17) is 15.5 Å². The van der Waals surface area contributed by atoms with Gasteiger partial charge < -0.3 is 15.0 Å². The smallest absolute Gasteiger partial charge is 0.141 e. The third kappa shape index (κ3) is 3.15. The Hall–Kier alpha value is -2.33. The molecule has 0 bridgehead atoms. The third-order valence-corrected chi connectivity index (χ3v) is 4.55. The molecular formula is C20H25N3O. The number of unbranched alkanes of at least 4 members (excludes halogenated alkanes) is 1. The van der Waals surface area contributed by atoms with Crippen molar-refractivity contribution in [2.45, 2.75) is 33.2 Å². The van der Waals surface area contributed by atoms with Gasteiger partial charge in [-0.05, 0) is 80.8 Å². The Morgan fingerprint density at radius 3 is 2.42 bits per heavy atom. The third-order valence-electron chi connectivity index (χ3n) is 4.55. The topological polar surface area (TPSA) is 53.1 Å². The number of aryl methyl sites for hydroxylation is 3. The molecule has 0 aliphatic heterocycles. The van der Waals surface area contributed by atoms with Gasteiger partial charge in [-0.2, -0.15) is 0 Å². The number of nitrogens with zero attached hydrogens (tertiary/aromatic N) is 2. The largest absolute Gasteiger partial charge is 0.497 e. The predicted octanol–water partition coefficient (Wildman–Crippen LogP) is 4.07. The maximum absolute atomic E-state index is 5.67. The van der Waals surface area contributed by atoms with Crippen molar-refractivity contribution < 1.29 is 4.74 Å². The Morgan fingerprint density at radius 2 is 1.75 bits per heavy atom. The molecule has 0 atom stereocenters. The highest BCUT2D eigenvalue weighted by molar-refractivity contribution is 5.82. The summed E-state index contributed by atoms with van der Waals surface area (Å²) in [5.41, 5.74) is 11.6. The van der Waals surface area contributed by atoms with E-state index in [1.54, 1.807) is 7.11 Å². The fourth-order valence-corrected chi connectivity index (χ4v) is 2.98. The van der Waals surface area contributed by atoms with Crippen LogP contribution in [0.3, 0.4) is 0 Å². The van der Waals surface area contributed by atoms with Crippen LogP contribution < -0.4 is 10.5 Å². The van der Waals surface area contributed by atoms with Crippen molar-refractivity contribution in [2.75, 3.05) is 13.7 Å². The van der Waals surface area contributed by atoms with E-state index in [1.807, 2.05) is 12.1 Å². The zero-order valence-corrected chi connectivity index (χ0v) is 14.7. The highest BCUT2D eigenvalue weighted by Gasteiger charge is 2.13. The average Bonchev–Trinajstić information content (AvgIpc) is 2.93. The highest BCUT2D eigenvalue weighted by Crippen LogP contribution is 2.28. The van der Waals surface area contributed by atoms with Gasteiger partial charge in [0.05, 0.1) is 18.1 Å². The quantitative estimate of drug-likeness (QED) is 0.696. The van der Waals surface area contributed by atoms with Crippen LogP contribution in [0.25, 0.3) is 22.4 Å². The molecular weight excluding hydrogens is 298 g/mol. The molecule has 126 valence electrons. The van der Waals surface area contributed by atoms with Gasteiger partial charge in [0, 0.05) is 12.1 Å². The second-order valence-electron chi connectivity index (χ2n) is 6.24. The number of rotatable bonds is 6.